The molecule has 1 aliphatic rings. The van der Waals surface area contributed by atoms with Crippen molar-refractivity contribution in [3.8, 4) is 0 Å². The predicted octanol–water partition coefficient (Wildman–Crippen LogP) is 6.61. The number of para-hydroxylation sites is 1. The molecule has 0 saturated carbocycles. The Balaban J connectivity index is 1.46. The summed E-state index contributed by atoms with van der Waals surface area (Å²) in [6.45, 7) is 1.42. The smallest absolute Gasteiger partial charge is 0.339 e. The molecule has 0 aliphatic heterocycles. The number of halogens is 2. The number of nitrogens with one attached hydrogen (secondary N) is 1. The summed E-state index contributed by atoms with van der Waals surface area (Å²) in [5.74, 6) is -1.82. The van der Waals surface area contributed by atoms with Gasteiger partial charge in [-0.25, -0.2) is 14.2 Å². The van der Waals surface area contributed by atoms with Gasteiger partial charge >= 0.3 is 5.97 Å². The minimum Gasteiger partial charge on any atom is -0.449 e. The Bertz CT molecular complexity index is 1670. The number of nitro groups is 1. The first-order chi connectivity index (χ1) is 18.7. The highest BCUT2D eigenvalue weighted by Gasteiger charge is 2.30. The number of non-ortho nitro benzene ring substituents is 1. The van der Waals surface area contributed by atoms with Crippen molar-refractivity contribution < 1.29 is 23.6 Å². The fraction of sp³-hybridized carbons (Fsp3) is 0.138. The molecular weight excluding hydrogens is 525 g/mol. The van der Waals surface area contributed by atoms with Crippen LogP contribution in [-0.4, -0.2) is 27.9 Å². The van der Waals surface area contributed by atoms with E-state index < -0.39 is 28.7 Å². The van der Waals surface area contributed by atoms with Crippen molar-refractivity contribution in [2.24, 2.45) is 0 Å². The van der Waals surface area contributed by atoms with Gasteiger partial charge in [0.2, 0.25) is 0 Å². The Morgan fingerprint density at radius 2 is 1.90 bits per heavy atom. The summed E-state index contributed by atoms with van der Waals surface area (Å²) in [6.07, 6.45) is 1.42. The lowest BCUT2D eigenvalue weighted by atomic mass is 10.0. The molecule has 1 amide bonds. The lowest BCUT2D eigenvalue weighted by Gasteiger charge is -2.16. The van der Waals surface area contributed by atoms with Gasteiger partial charge in [-0.15, -0.1) is 0 Å². The molecule has 1 heterocycles. The van der Waals surface area contributed by atoms with Gasteiger partial charge in [0.15, 0.2) is 6.10 Å². The number of hydrogen-bond donors (Lipinski definition) is 1. The average molecular weight is 546 g/mol. The first kappa shape index (κ1) is 26.0. The molecule has 39 heavy (non-hydrogen) atoms. The molecule has 1 atom stereocenters. The zero-order valence-corrected chi connectivity index (χ0v) is 21.4. The number of esters is 1. The summed E-state index contributed by atoms with van der Waals surface area (Å²) >= 11 is 6.23. The van der Waals surface area contributed by atoms with E-state index >= 15 is 0 Å². The number of amides is 1. The standard InChI is InChI=1S/C29H21ClFN3O5/c1-16(28(35)32-18-6-4-7-19(15-18)34(37)38)39-29(36)26-20-8-2-3-11-25(20)33-27-17(12-13-21(26)27)14-22-23(30)9-5-10-24(22)31/h2-11,14-16H,12-13H2,1H3,(H,32,35)/b17-14+. The zero-order chi connectivity index (χ0) is 27.7. The fourth-order valence-electron chi connectivity index (χ4n) is 4.55. The number of nitrogens with zero attached hydrogens (tertiary/aromatic N) is 2. The molecule has 1 N–H and O–H groups in total. The molecule has 1 aromatic heterocycles. The highest BCUT2D eigenvalue weighted by molar-refractivity contribution is 6.32. The van der Waals surface area contributed by atoms with E-state index in [4.69, 9.17) is 21.3 Å². The third-order valence-electron chi connectivity index (χ3n) is 6.44. The third kappa shape index (κ3) is 5.21. The number of carbonyl (C=O) groups excluding carboxylic acids is 2. The monoisotopic (exact) mass is 545 g/mol. The van der Waals surface area contributed by atoms with Crippen molar-refractivity contribution >= 4 is 57.4 Å². The van der Waals surface area contributed by atoms with Crippen LogP contribution >= 0.6 is 11.6 Å². The summed E-state index contributed by atoms with van der Waals surface area (Å²) in [5.41, 5.74) is 3.02. The fourth-order valence-corrected chi connectivity index (χ4v) is 4.77. The number of hydrogen-bond acceptors (Lipinski definition) is 6. The van der Waals surface area contributed by atoms with Crippen LogP contribution in [0.1, 0.15) is 40.5 Å². The normalized spacial score (nSPS) is 14.2. The highest BCUT2D eigenvalue weighted by atomic mass is 35.5. The Labute approximate surface area is 227 Å². The van der Waals surface area contributed by atoms with E-state index in [-0.39, 0.29) is 27.5 Å². The lowest BCUT2D eigenvalue weighted by Crippen LogP contribution is -2.30. The van der Waals surface area contributed by atoms with Gasteiger partial charge in [0.05, 0.1) is 26.7 Å². The summed E-state index contributed by atoms with van der Waals surface area (Å²) < 4.78 is 20.0. The molecule has 5 rings (SSSR count). The van der Waals surface area contributed by atoms with Gasteiger partial charge in [0.1, 0.15) is 5.82 Å². The molecule has 0 spiro atoms. The van der Waals surface area contributed by atoms with Gasteiger partial charge < -0.3 is 10.1 Å². The van der Waals surface area contributed by atoms with Gasteiger partial charge in [0.25, 0.3) is 11.6 Å². The summed E-state index contributed by atoms with van der Waals surface area (Å²) in [6, 6.07) is 17.0. The summed E-state index contributed by atoms with van der Waals surface area (Å²) in [7, 11) is 0. The van der Waals surface area contributed by atoms with Crippen LogP contribution in [0.5, 0.6) is 0 Å². The first-order valence-corrected chi connectivity index (χ1v) is 12.4. The molecular formula is C29H21ClFN3O5. The van der Waals surface area contributed by atoms with Gasteiger partial charge in [0, 0.05) is 28.8 Å². The number of ether oxygens (including phenoxy) is 1. The van der Waals surface area contributed by atoms with Crippen LogP contribution < -0.4 is 5.32 Å². The Morgan fingerprint density at radius 1 is 1.13 bits per heavy atom. The molecule has 0 bridgehead atoms. The Morgan fingerprint density at radius 3 is 2.67 bits per heavy atom. The summed E-state index contributed by atoms with van der Waals surface area (Å²) in [5, 5.41) is 14.4. The number of allylic oxidation sites excluding steroid dienone is 1. The molecule has 8 nitrogen and oxygen atoms in total. The quantitative estimate of drug-likeness (QED) is 0.166. The number of fused-ring (bicyclic) bond motifs is 2. The van der Waals surface area contributed by atoms with Crippen LogP contribution in [0.15, 0.2) is 66.7 Å². The van der Waals surface area contributed by atoms with Crippen molar-refractivity contribution in [2.75, 3.05) is 5.32 Å². The van der Waals surface area contributed by atoms with Crippen LogP contribution in [0, 0.1) is 15.9 Å². The van der Waals surface area contributed by atoms with Gasteiger partial charge in [-0.05, 0) is 61.2 Å². The number of anilines is 1. The minimum absolute atomic E-state index is 0.184. The maximum atomic E-state index is 14.5. The number of aromatic nitrogens is 1. The van der Waals surface area contributed by atoms with Crippen LogP contribution in [-0.2, 0) is 16.0 Å². The lowest BCUT2D eigenvalue weighted by molar-refractivity contribution is -0.384. The molecule has 196 valence electrons. The molecule has 1 aliphatic carbocycles. The maximum Gasteiger partial charge on any atom is 0.339 e. The molecule has 0 fully saturated rings. The molecule has 4 aromatic rings. The molecule has 0 saturated heterocycles. The number of nitro benzene ring substituents is 1. The average Bonchev–Trinajstić information content (AvgIpc) is 3.31. The summed E-state index contributed by atoms with van der Waals surface area (Å²) in [4.78, 5) is 41.4. The number of benzene rings is 3. The zero-order valence-electron chi connectivity index (χ0n) is 20.6. The minimum atomic E-state index is -1.20. The Kier molecular flexibility index (Phi) is 7.08. The van der Waals surface area contributed by atoms with E-state index in [1.165, 1.54) is 43.3 Å². The SMILES string of the molecule is CC(OC(=O)c1c2c(nc3ccccc13)/C(=C/c1c(F)cccc1Cl)CC2)C(=O)Nc1cccc([N+](=O)[O-])c1. The van der Waals surface area contributed by atoms with Crippen molar-refractivity contribution in [2.45, 2.75) is 25.9 Å². The largest absolute Gasteiger partial charge is 0.449 e. The van der Waals surface area contributed by atoms with E-state index in [0.29, 0.717) is 35.0 Å². The van der Waals surface area contributed by atoms with Gasteiger partial charge in [-0.1, -0.05) is 41.9 Å². The number of rotatable bonds is 6. The topological polar surface area (TPSA) is 111 Å². The van der Waals surface area contributed by atoms with Crippen molar-refractivity contribution in [1.29, 1.82) is 0 Å². The van der Waals surface area contributed by atoms with Crippen LogP contribution in [0.2, 0.25) is 5.02 Å². The predicted molar refractivity (Wildman–Crippen MR) is 146 cm³/mol. The second-order valence-corrected chi connectivity index (χ2v) is 9.39. The maximum absolute atomic E-state index is 14.5. The highest BCUT2D eigenvalue weighted by Crippen LogP contribution is 2.39. The van der Waals surface area contributed by atoms with E-state index in [0.717, 1.165) is 5.57 Å². The van der Waals surface area contributed by atoms with Crippen molar-refractivity contribution in [3.05, 3.63) is 110 Å². The number of pyridine rings is 1. The third-order valence-corrected chi connectivity index (χ3v) is 6.77. The molecule has 10 heteroatoms. The second kappa shape index (κ2) is 10.6. The van der Waals surface area contributed by atoms with Gasteiger partial charge in [-0.3, -0.25) is 14.9 Å². The van der Waals surface area contributed by atoms with Gasteiger partial charge in [-0.2, -0.15) is 0 Å². The van der Waals surface area contributed by atoms with Crippen LogP contribution in [0.3, 0.4) is 0 Å². The molecule has 1 unspecified atom stereocenters. The van der Waals surface area contributed by atoms with Crippen LogP contribution in [0.25, 0.3) is 22.6 Å². The van der Waals surface area contributed by atoms with E-state index in [1.807, 2.05) is 0 Å². The second-order valence-electron chi connectivity index (χ2n) is 8.98. The Hall–Kier alpha value is -4.63. The van der Waals surface area contributed by atoms with E-state index in [9.17, 15) is 24.1 Å². The number of carbonyl (C=O) groups is 2. The van der Waals surface area contributed by atoms with E-state index in [1.54, 1.807) is 36.4 Å². The van der Waals surface area contributed by atoms with E-state index in [2.05, 4.69) is 5.32 Å². The van der Waals surface area contributed by atoms with Crippen molar-refractivity contribution in [3.63, 3.8) is 0 Å². The molecule has 0 radical (unpaired) electrons. The molecule has 3 aromatic carbocycles. The first-order valence-electron chi connectivity index (χ1n) is 12.1. The van der Waals surface area contributed by atoms with Crippen LogP contribution in [0.4, 0.5) is 15.8 Å². The van der Waals surface area contributed by atoms with Crippen molar-refractivity contribution in [1.82, 2.24) is 4.98 Å².